The molecular formula is C12H10ClN5O3. The summed E-state index contributed by atoms with van der Waals surface area (Å²) in [4.78, 5) is 29.4. The van der Waals surface area contributed by atoms with E-state index in [1.807, 2.05) is 0 Å². The number of hydrazine groups is 1. The second-order valence-corrected chi connectivity index (χ2v) is 4.37. The Morgan fingerprint density at radius 2 is 2.05 bits per heavy atom. The van der Waals surface area contributed by atoms with Gasteiger partial charge in [0.05, 0.1) is 4.92 Å². The minimum absolute atomic E-state index is 0.193. The molecular weight excluding hydrogens is 298 g/mol. The molecule has 1 heterocycles. The summed E-state index contributed by atoms with van der Waals surface area (Å²) in [7, 11) is 0. The molecule has 0 atom stereocenters. The summed E-state index contributed by atoms with van der Waals surface area (Å²) < 4.78 is 0. The first-order chi connectivity index (χ1) is 10.0. The fraction of sp³-hybridized carbons (Fsp3) is 0.0833. The number of carbonyl (C=O) groups is 1. The quantitative estimate of drug-likeness (QED) is 0.508. The van der Waals surface area contributed by atoms with Crippen LogP contribution in [-0.4, -0.2) is 20.8 Å². The van der Waals surface area contributed by atoms with Gasteiger partial charge in [-0.25, -0.2) is 9.97 Å². The fourth-order valence-corrected chi connectivity index (χ4v) is 1.82. The van der Waals surface area contributed by atoms with Gasteiger partial charge in [-0.15, -0.1) is 0 Å². The van der Waals surface area contributed by atoms with E-state index in [1.165, 1.54) is 0 Å². The summed E-state index contributed by atoms with van der Waals surface area (Å²) in [6.07, 6.45) is 1.05. The Balaban J connectivity index is 2.18. The molecule has 0 radical (unpaired) electrons. The highest BCUT2D eigenvalue weighted by Gasteiger charge is 2.22. The predicted octanol–water partition coefficient (Wildman–Crippen LogP) is 2.10. The highest BCUT2D eigenvalue weighted by Crippen LogP contribution is 2.27. The van der Waals surface area contributed by atoms with Crippen molar-refractivity contribution >= 4 is 29.0 Å². The van der Waals surface area contributed by atoms with Gasteiger partial charge in [0.15, 0.2) is 0 Å². The number of nitro groups is 1. The Hall–Kier alpha value is -2.74. The van der Waals surface area contributed by atoms with Gasteiger partial charge in [0.2, 0.25) is 11.0 Å². The van der Waals surface area contributed by atoms with Crippen LogP contribution >= 0.6 is 11.6 Å². The number of carbonyl (C=O) groups excluding carboxylic acids is 1. The standard InChI is InChI=1S/C12H10ClN5O3/c1-7-4-2-3-5-8(7)12(19)17-16-11-9(18(20)21)10(13)14-6-15-11/h2-6H,1H3,(H,17,19)(H,14,15,16). The van der Waals surface area contributed by atoms with Gasteiger partial charge in [0.1, 0.15) is 6.33 Å². The lowest BCUT2D eigenvalue weighted by Gasteiger charge is -2.09. The fourth-order valence-electron chi connectivity index (χ4n) is 1.62. The van der Waals surface area contributed by atoms with Crippen LogP contribution in [0.3, 0.4) is 0 Å². The van der Waals surface area contributed by atoms with Gasteiger partial charge in [0, 0.05) is 5.56 Å². The topological polar surface area (TPSA) is 110 Å². The van der Waals surface area contributed by atoms with Crippen LogP contribution in [0.1, 0.15) is 15.9 Å². The van der Waals surface area contributed by atoms with Crippen molar-refractivity contribution in [1.29, 1.82) is 0 Å². The molecule has 0 unspecified atom stereocenters. The molecule has 1 aromatic carbocycles. The van der Waals surface area contributed by atoms with Crippen LogP contribution in [0.15, 0.2) is 30.6 Å². The maximum atomic E-state index is 12.0. The molecule has 0 spiro atoms. The third-order valence-electron chi connectivity index (χ3n) is 2.64. The molecule has 21 heavy (non-hydrogen) atoms. The zero-order valence-electron chi connectivity index (χ0n) is 10.8. The third kappa shape index (κ3) is 3.23. The molecule has 1 amide bonds. The molecule has 108 valence electrons. The van der Waals surface area contributed by atoms with Crippen molar-refractivity contribution in [2.24, 2.45) is 0 Å². The largest absolute Gasteiger partial charge is 0.350 e. The highest BCUT2D eigenvalue weighted by atomic mass is 35.5. The normalized spacial score (nSPS) is 10.0. The van der Waals surface area contributed by atoms with Gasteiger partial charge in [-0.1, -0.05) is 29.8 Å². The number of hydrogen-bond donors (Lipinski definition) is 2. The summed E-state index contributed by atoms with van der Waals surface area (Å²) in [5.74, 6) is -0.640. The zero-order chi connectivity index (χ0) is 15.4. The van der Waals surface area contributed by atoms with Crippen LogP contribution in [0.5, 0.6) is 0 Å². The monoisotopic (exact) mass is 307 g/mol. The highest BCUT2D eigenvalue weighted by molar-refractivity contribution is 6.31. The lowest BCUT2D eigenvalue weighted by Crippen LogP contribution is -2.30. The van der Waals surface area contributed by atoms with Gasteiger partial charge >= 0.3 is 5.69 Å². The lowest BCUT2D eigenvalue weighted by molar-refractivity contribution is -0.384. The van der Waals surface area contributed by atoms with E-state index in [1.54, 1.807) is 31.2 Å². The van der Waals surface area contributed by atoms with Gasteiger partial charge in [-0.2, -0.15) is 0 Å². The minimum Gasteiger partial charge on any atom is -0.276 e. The van der Waals surface area contributed by atoms with Crippen LogP contribution in [-0.2, 0) is 0 Å². The smallest absolute Gasteiger partial charge is 0.276 e. The van der Waals surface area contributed by atoms with Gasteiger partial charge < -0.3 is 0 Å². The molecule has 0 fully saturated rings. The number of aromatic nitrogens is 2. The number of benzene rings is 1. The molecule has 0 aliphatic heterocycles. The second kappa shape index (κ2) is 6.14. The molecule has 8 nitrogen and oxygen atoms in total. The Bertz CT molecular complexity index is 707. The molecule has 2 rings (SSSR count). The number of amides is 1. The average molecular weight is 308 g/mol. The third-order valence-corrected chi connectivity index (χ3v) is 2.92. The summed E-state index contributed by atoms with van der Waals surface area (Å²) in [6.45, 7) is 1.78. The van der Waals surface area contributed by atoms with E-state index in [9.17, 15) is 14.9 Å². The van der Waals surface area contributed by atoms with Gasteiger partial charge in [-0.3, -0.25) is 25.8 Å². The number of halogens is 1. The molecule has 2 aromatic rings. The molecule has 2 N–H and O–H groups in total. The van der Waals surface area contributed by atoms with Gasteiger partial charge in [0.25, 0.3) is 5.91 Å². The van der Waals surface area contributed by atoms with Gasteiger partial charge in [-0.05, 0) is 18.6 Å². The van der Waals surface area contributed by atoms with Crippen LogP contribution < -0.4 is 10.9 Å². The summed E-state index contributed by atoms with van der Waals surface area (Å²) in [6, 6.07) is 6.92. The van der Waals surface area contributed by atoms with Crippen molar-refractivity contribution in [2.75, 3.05) is 5.43 Å². The van der Waals surface area contributed by atoms with Crippen LogP contribution in [0, 0.1) is 17.0 Å². The summed E-state index contributed by atoms with van der Waals surface area (Å²) in [5, 5.41) is 10.6. The van der Waals surface area contributed by atoms with E-state index in [-0.39, 0.29) is 11.0 Å². The molecule has 0 bridgehead atoms. The zero-order valence-corrected chi connectivity index (χ0v) is 11.6. The first-order valence-corrected chi connectivity index (χ1v) is 6.15. The van der Waals surface area contributed by atoms with Crippen molar-refractivity contribution < 1.29 is 9.72 Å². The second-order valence-electron chi connectivity index (χ2n) is 4.01. The SMILES string of the molecule is Cc1ccccc1C(=O)NNc1ncnc(Cl)c1[N+](=O)[O-]. The maximum absolute atomic E-state index is 12.0. The average Bonchev–Trinajstić information content (AvgIpc) is 2.44. The summed E-state index contributed by atoms with van der Waals surface area (Å²) >= 11 is 5.64. The van der Waals surface area contributed by atoms with E-state index >= 15 is 0 Å². The first-order valence-electron chi connectivity index (χ1n) is 5.77. The van der Waals surface area contributed by atoms with Crippen molar-refractivity contribution in [3.63, 3.8) is 0 Å². The Labute approximate surface area is 124 Å². The number of nitrogens with one attached hydrogen (secondary N) is 2. The molecule has 0 aliphatic rings. The van der Waals surface area contributed by atoms with Crippen molar-refractivity contribution in [1.82, 2.24) is 15.4 Å². The maximum Gasteiger partial charge on any atom is 0.350 e. The van der Waals surface area contributed by atoms with Crippen molar-refractivity contribution in [2.45, 2.75) is 6.92 Å². The Morgan fingerprint density at radius 1 is 1.33 bits per heavy atom. The molecule has 1 aromatic heterocycles. The van der Waals surface area contributed by atoms with E-state index in [4.69, 9.17) is 11.6 Å². The van der Waals surface area contributed by atoms with E-state index < -0.39 is 16.5 Å². The number of hydrogen-bond acceptors (Lipinski definition) is 6. The first kappa shape index (κ1) is 14.7. The number of aryl methyl sites for hydroxylation is 1. The number of anilines is 1. The molecule has 0 aliphatic carbocycles. The van der Waals surface area contributed by atoms with Crippen LogP contribution in [0.25, 0.3) is 0 Å². The van der Waals surface area contributed by atoms with Crippen molar-refractivity contribution in [3.05, 3.63) is 57.0 Å². The molecule has 0 saturated heterocycles. The van der Waals surface area contributed by atoms with Crippen LogP contribution in [0.4, 0.5) is 11.5 Å². The lowest BCUT2D eigenvalue weighted by atomic mass is 10.1. The molecule has 0 saturated carbocycles. The Kier molecular flexibility index (Phi) is 4.29. The predicted molar refractivity (Wildman–Crippen MR) is 76.0 cm³/mol. The summed E-state index contributed by atoms with van der Waals surface area (Å²) in [5.41, 5.74) is 5.42. The van der Waals surface area contributed by atoms with Crippen molar-refractivity contribution in [3.8, 4) is 0 Å². The van der Waals surface area contributed by atoms with E-state index in [0.29, 0.717) is 5.56 Å². The number of rotatable bonds is 4. The van der Waals surface area contributed by atoms with E-state index in [2.05, 4.69) is 20.8 Å². The molecule has 9 heteroatoms. The number of nitrogens with zero attached hydrogens (tertiary/aromatic N) is 3. The Morgan fingerprint density at radius 3 is 2.71 bits per heavy atom. The van der Waals surface area contributed by atoms with E-state index in [0.717, 1.165) is 11.9 Å². The minimum atomic E-state index is -0.732. The van der Waals surface area contributed by atoms with Crippen LogP contribution in [0.2, 0.25) is 5.15 Å².